The van der Waals surface area contributed by atoms with Crippen LogP contribution < -0.4 is 10.6 Å². The van der Waals surface area contributed by atoms with E-state index in [9.17, 15) is 9.59 Å². The van der Waals surface area contributed by atoms with Crippen LogP contribution in [0.15, 0.2) is 48.8 Å². The number of nitriles is 1. The minimum atomic E-state index is -0.213. The molecule has 3 rings (SSSR count). The molecule has 0 saturated carbocycles. The van der Waals surface area contributed by atoms with Crippen LogP contribution in [0.4, 0.5) is 5.69 Å². The number of rotatable bonds is 9. The zero-order valence-electron chi connectivity index (χ0n) is 18.3. The number of pyridine rings is 1. The summed E-state index contributed by atoms with van der Waals surface area (Å²) in [5, 5.41) is 19.0. The molecule has 0 bridgehead atoms. The summed E-state index contributed by atoms with van der Waals surface area (Å²) in [5.74, 6) is -0.269. The SMILES string of the molecule is Cc1nn(CCC#N)c(C)c1CCC(=O)NCc1cccc(NC(=O)c2ccncc2)c1. The molecule has 8 heteroatoms. The molecule has 0 atom stereocenters. The fourth-order valence-corrected chi connectivity index (χ4v) is 3.46. The molecule has 164 valence electrons. The average molecular weight is 431 g/mol. The molecule has 0 radical (unpaired) electrons. The Kier molecular flexibility index (Phi) is 7.70. The molecule has 2 heterocycles. The molecule has 2 N–H and O–H groups in total. The number of carbonyl (C=O) groups excluding carboxylic acids is 2. The molecule has 0 fully saturated rings. The quantitative estimate of drug-likeness (QED) is 0.541. The minimum Gasteiger partial charge on any atom is -0.352 e. The van der Waals surface area contributed by atoms with Crippen LogP contribution in [-0.2, 0) is 24.3 Å². The van der Waals surface area contributed by atoms with Crippen molar-refractivity contribution in [1.29, 1.82) is 5.26 Å². The van der Waals surface area contributed by atoms with E-state index in [1.807, 2.05) is 36.7 Å². The van der Waals surface area contributed by atoms with E-state index in [4.69, 9.17) is 5.26 Å². The van der Waals surface area contributed by atoms with E-state index < -0.39 is 0 Å². The fourth-order valence-electron chi connectivity index (χ4n) is 3.46. The van der Waals surface area contributed by atoms with Crippen molar-refractivity contribution in [2.75, 3.05) is 5.32 Å². The first kappa shape index (κ1) is 22.7. The molecule has 1 aromatic carbocycles. The van der Waals surface area contributed by atoms with Crippen molar-refractivity contribution in [3.05, 3.63) is 76.9 Å². The van der Waals surface area contributed by atoms with Gasteiger partial charge in [0.2, 0.25) is 5.91 Å². The van der Waals surface area contributed by atoms with Gasteiger partial charge >= 0.3 is 0 Å². The molecule has 8 nitrogen and oxygen atoms in total. The molecule has 0 unspecified atom stereocenters. The molecule has 0 aliphatic heterocycles. The van der Waals surface area contributed by atoms with E-state index in [0.29, 0.717) is 43.6 Å². The maximum absolute atomic E-state index is 12.4. The highest BCUT2D eigenvalue weighted by Crippen LogP contribution is 2.16. The monoisotopic (exact) mass is 430 g/mol. The molecule has 0 saturated heterocycles. The van der Waals surface area contributed by atoms with Crippen LogP contribution in [0.1, 0.15) is 45.7 Å². The van der Waals surface area contributed by atoms with Crippen LogP contribution in [0, 0.1) is 25.2 Å². The van der Waals surface area contributed by atoms with Gasteiger partial charge in [0.1, 0.15) is 0 Å². The number of aryl methyl sites for hydroxylation is 2. The average Bonchev–Trinajstić information content (AvgIpc) is 3.08. The first-order valence-corrected chi connectivity index (χ1v) is 10.4. The molecule has 2 aromatic heterocycles. The van der Waals surface area contributed by atoms with Crippen LogP contribution in [0.25, 0.3) is 0 Å². The molecule has 3 aromatic rings. The van der Waals surface area contributed by atoms with Crippen LogP contribution in [0.3, 0.4) is 0 Å². The number of benzene rings is 1. The second-order valence-electron chi connectivity index (χ2n) is 7.45. The van der Waals surface area contributed by atoms with Crippen LogP contribution in [0.2, 0.25) is 0 Å². The Morgan fingerprint density at radius 2 is 1.94 bits per heavy atom. The van der Waals surface area contributed by atoms with Gasteiger partial charge in [-0.2, -0.15) is 10.4 Å². The predicted octanol–water partition coefficient (Wildman–Crippen LogP) is 3.31. The fraction of sp³-hybridized carbons (Fsp3) is 0.292. The van der Waals surface area contributed by atoms with Gasteiger partial charge in [-0.05, 0) is 55.7 Å². The number of hydrogen-bond donors (Lipinski definition) is 2. The van der Waals surface area contributed by atoms with Gasteiger partial charge in [0.15, 0.2) is 0 Å². The van der Waals surface area contributed by atoms with Gasteiger partial charge in [0, 0.05) is 42.3 Å². The van der Waals surface area contributed by atoms with Gasteiger partial charge in [-0.1, -0.05) is 12.1 Å². The molecule has 0 spiro atoms. The zero-order valence-corrected chi connectivity index (χ0v) is 18.3. The minimum absolute atomic E-state index is 0.0557. The summed E-state index contributed by atoms with van der Waals surface area (Å²) in [4.78, 5) is 28.6. The highest BCUT2D eigenvalue weighted by molar-refractivity contribution is 6.04. The highest BCUT2D eigenvalue weighted by atomic mass is 16.2. The van der Waals surface area contributed by atoms with Crippen molar-refractivity contribution in [1.82, 2.24) is 20.1 Å². The summed E-state index contributed by atoms with van der Waals surface area (Å²) in [6.07, 6.45) is 4.49. The van der Waals surface area contributed by atoms with E-state index in [0.717, 1.165) is 22.5 Å². The van der Waals surface area contributed by atoms with Gasteiger partial charge in [0.25, 0.3) is 5.91 Å². The standard InChI is InChI=1S/C24H26N6O2/c1-17-22(18(2)30(29-17)14-4-11-25)7-8-23(31)27-16-19-5-3-6-21(15-19)28-24(32)20-9-12-26-13-10-20/h3,5-6,9-10,12-13,15H,4,7-8,14,16H2,1-2H3,(H,27,31)(H,28,32). The normalized spacial score (nSPS) is 10.4. The Labute approximate surface area is 187 Å². The highest BCUT2D eigenvalue weighted by Gasteiger charge is 2.13. The third kappa shape index (κ3) is 6.01. The third-order valence-corrected chi connectivity index (χ3v) is 5.19. The maximum atomic E-state index is 12.4. The van der Waals surface area contributed by atoms with Crippen LogP contribution in [0.5, 0.6) is 0 Å². The molecule has 2 amide bonds. The van der Waals surface area contributed by atoms with Crippen molar-refractivity contribution in [2.45, 2.75) is 46.2 Å². The number of nitrogens with zero attached hydrogens (tertiary/aromatic N) is 4. The number of anilines is 1. The number of nitrogens with one attached hydrogen (secondary N) is 2. The Hall–Kier alpha value is -3.99. The van der Waals surface area contributed by atoms with Gasteiger partial charge in [-0.15, -0.1) is 0 Å². The predicted molar refractivity (Wildman–Crippen MR) is 121 cm³/mol. The summed E-state index contributed by atoms with van der Waals surface area (Å²) in [7, 11) is 0. The Bertz CT molecular complexity index is 1130. The van der Waals surface area contributed by atoms with E-state index >= 15 is 0 Å². The first-order chi connectivity index (χ1) is 15.5. The molecule has 0 aliphatic carbocycles. The smallest absolute Gasteiger partial charge is 0.255 e. The molecule has 0 aliphatic rings. The summed E-state index contributed by atoms with van der Waals surface area (Å²) in [5.41, 5.74) is 5.03. The van der Waals surface area contributed by atoms with E-state index in [1.54, 1.807) is 30.6 Å². The number of hydrogen-bond acceptors (Lipinski definition) is 5. The molecule has 32 heavy (non-hydrogen) atoms. The van der Waals surface area contributed by atoms with Crippen molar-refractivity contribution < 1.29 is 9.59 Å². The second-order valence-corrected chi connectivity index (χ2v) is 7.45. The van der Waals surface area contributed by atoms with Gasteiger partial charge in [-0.25, -0.2) is 0 Å². The van der Waals surface area contributed by atoms with Crippen molar-refractivity contribution >= 4 is 17.5 Å². The summed E-state index contributed by atoms with van der Waals surface area (Å²) >= 11 is 0. The number of aromatic nitrogens is 3. The Morgan fingerprint density at radius 1 is 1.16 bits per heavy atom. The summed E-state index contributed by atoms with van der Waals surface area (Å²) in [6.45, 7) is 4.83. The van der Waals surface area contributed by atoms with Gasteiger partial charge in [-0.3, -0.25) is 19.3 Å². The van der Waals surface area contributed by atoms with Crippen molar-refractivity contribution in [3.8, 4) is 6.07 Å². The number of carbonyl (C=O) groups is 2. The van der Waals surface area contributed by atoms with Crippen LogP contribution in [-0.4, -0.2) is 26.6 Å². The Morgan fingerprint density at radius 3 is 2.69 bits per heavy atom. The maximum Gasteiger partial charge on any atom is 0.255 e. The summed E-state index contributed by atoms with van der Waals surface area (Å²) in [6, 6.07) is 12.8. The van der Waals surface area contributed by atoms with Crippen molar-refractivity contribution in [3.63, 3.8) is 0 Å². The van der Waals surface area contributed by atoms with E-state index in [1.165, 1.54) is 0 Å². The lowest BCUT2D eigenvalue weighted by Gasteiger charge is -2.09. The number of amides is 2. The second kappa shape index (κ2) is 10.9. The van der Waals surface area contributed by atoms with Crippen molar-refractivity contribution in [2.24, 2.45) is 0 Å². The lowest BCUT2D eigenvalue weighted by atomic mass is 10.1. The lowest BCUT2D eigenvalue weighted by molar-refractivity contribution is -0.121. The molecular formula is C24H26N6O2. The zero-order chi connectivity index (χ0) is 22.9. The van der Waals surface area contributed by atoms with E-state index in [-0.39, 0.29) is 11.8 Å². The van der Waals surface area contributed by atoms with Gasteiger partial charge in [0.05, 0.1) is 24.7 Å². The van der Waals surface area contributed by atoms with Gasteiger partial charge < -0.3 is 10.6 Å². The largest absolute Gasteiger partial charge is 0.352 e. The molecular weight excluding hydrogens is 404 g/mol. The third-order valence-electron chi connectivity index (χ3n) is 5.19. The summed E-state index contributed by atoms with van der Waals surface area (Å²) < 4.78 is 1.83. The Balaban J connectivity index is 1.51. The van der Waals surface area contributed by atoms with E-state index in [2.05, 4.69) is 26.8 Å². The lowest BCUT2D eigenvalue weighted by Crippen LogP contribution is -2.23. The first-order valence-electron chi connectivity index (χ1n) is 10.4. The topological polar surface area (TPSA) is 113 Å². The van der Waals surface area contributed by atoms with Crippen LogP contribution >= 0.6 is 0 Å².